The summed E-state index contributed by atoms with van der Waals surface area (Å²) < 4.78 is 13.1. The van der Waals surface area contributed by atoms with Gasteiger partial charge in [-0.3, -0.25) is 9.48 Å². The van der Waals surface area contributed by atoms with Crippen LogP contribution >= 0.6 is 0 Å². The highest BCUT2D eigenvalue weighted by molar-refractivity contribution is 5.76. The first-order valence-corrected chi connectivity index (χ1v) is 9.54. The highest BCUT2D eigenvalue weighted by Crippen LogP contribution is 2.28. The number of amides is 1. The van der Waals surface area contributed by atoms with E-state index in [0.717, 1.165) is 36.5 Å². The number of ether oxygens (including phenoxy) is 1. The van der Waals surface area contributed by atoms with Gasteiger partial charge >= 0.3 is 0 Å². The molecule has 4 rings (SSSR count). The molecule has 0 aliphatic carbocycles. The van der Waals surface area contributed by atoms with Crippen molar-refractivity contribution in [3.05, 3.63) is 66.1 Å². The molecule has 7 nitrogen and oxygen atoms in total. The maximum Gasteiger partial charge on any atom is 0.244 e. The Morgan fingerprint density at radius 2 is 2.21 bits per heavy atom. The van der Waals surface area contributed by atoms with Crippen molar-refractivity contribution in [2.75, 3.05) is 20.2 Å². The summed E-state index contributed by atoms with van der Waals surface area (Å²) in [5, 5.41) is 4.11. The fraction of sp³-hybridized carbons (Fsp3) is 0.381. The minimum absolute atomic E-state index is 0.0780. The number of nitrogens with zero attached hydrogens (tertiary/aromatic N) is 4. The van der Waals surface area contributed by atoms with E-state index in [1.165, 1.54) is 0 Å². The zero-order valence-corrected chi connectivity index (χ0v) is 16.0. The zero-order valence-electron chi connectivity index (χ0n) is 16.0. The Labute approximate surface area is 163 Å². The summed E-state index contributed by atoms with van der Waals surface area (Å²) in [4.78, 5) is 18.9. The molecule has 0 N–H and O–H groups in total. The van der Waals surface area contributed by atoms with Gasteiger partial charge in [-0.05, 0) is 25.0 Å². The maximum absolute atomic E-state index is 12.6. The number of rotatable bonds is 6. The van der Waals surface area contributed by atoms with Crippen LogP contribution in [0.15, 0.2) is 53.3 Å². The number of carbonyl (C=O) groups is 1. The summed E-state index contributed by atoms with van der Waals surface area (Å²) in [6, 6.07) is 9.72. The summed E-state index contributed by atoms with van der Waals surface area (Å²) in [6.07, 6.45) is 7.82. The van der Waals surface area contributed by atoms with Crippen LogP contribution in [-0.4, -0.2) is 45.8 Å². The molecule has 3 aromatic rings. The molecule has 0 radical (unpaired) electrons. The Balaban J connectivity index is 1.41. The second-order valence-corrected chi connectivity index (χ2v) is 7.04. The average Bonchev–Trinajstić information content (AvgIpc) is 3.41. The van der Waals surface area contributed by atoms with Crippen LogP contribution in [0, 0.1) is 0 Å². The van der Waals surface area contributed by atoms with Gasteiger partial charge in [-0.25, -0.2) is 4.98 Å². The van der Waals surface area contributed by atoms with Crippen molar-refractivity contribution in [2.45, 2.75) is 31.7 Å². The van der Waals surface area contributed by atoms with E-state index in [1.807, 2.05) is 35.2 Å². The predicted molar refractivity (Wildman–Crippen MR) is 103 cm³/mol. The molecule has 1 aliphatic heterocycles. The molecule has 7 heteroatoms. The zero-order chi connectivity index (χ0) is 19.3. The minimum Gasteiger partial charge on any atom is -0.496 e. The summed E-state index contributed by atoms with van der Waals surface area (Å²) in [5.41, 5.74) is 1.06. The van der Waals surface area contributed by atoms with Gasteiger partial charge in [-0.15, -0.1) is 0 Å². The third kappa shape index (κ3) is 4.08. The van der Waals surface area contributed by atoms with Crippen molar-refractivity contribution in [2.24, 2.45) is 0 Å². The van der Waals surface area contributed by atoms with E-state index < -0.39 is 0 Å². The first-order chi connectivity index (χ1) is 13.7. The summed E-state index contributed by atoms with van der Waals surface area (Å²) in [5.74, 6) is 2.56. The van der Waals surface area contributed by atoms with Crippen LogP contribution in [0.5, 0.6) is 5.75 Å². The summed E-state index contributed by atoms with van der Waals surface area (Å²) >= 11 is 0. The molecule has 1 aliphatic rings. The number of aromatic nitrogens is 3. The van der Waals surface area contributed by atoms with Gasteiger partial charge in [0.15, 0.2) is 5.89 Å². The molecule has 28 heavy (non-hydrogen) atoms. The highest BCUT2D eigenvalue weighted by Gasteiger charge is 2.28. The monoisotopic (exact) mass is 380 g/mol. The summed E-state index contributed by atoms with van der Waals surface area (Å²) in [6.45, 7) is 1.67. The smallest absolute Gasteiger partial charge is 0.244 e. The molecule has 1 atom stereocenters. The maximum atomic E-state index is 12.6. The van der Waals surface area contributed by atoms with E-state index in [0.29, 0.717) is 18.9 Å². The first-order valence-electron chi connectivity index (χ1n) is 9.54. The van der Waals surface area contributed by atoms with E-state index in [1.54, 1.807) is 30.4 Å². The number of likely N-dealkylation sites (tertiary alicyclic amines) is 1. The Morgan fingerprint density at radius 3 is 3.04 bits per heavy atom. The lowest BCUT2D eigenvalue weighted by atomic mass is 9.98. The molecule has 1 amide bonds. The quantitative estimate of drug-likeness (QED) is 0.657. The topological polar surface area (TPSA) is 73.4 Å². The third-order valence-corrected chi connectivity index (χ3v) is 5.11. The lowest BCUT2D eigenvalue weighted by Gasteiger charge is -2.31. The van der Waals surface area contributed by atoms with Gasteiger partial charge in [0, 0.05) is 37.5 Å². The molecule has 3 heterocycles. The van der Waals surface area contributed by atoms with Gasteiger partial charge in [0.2, 0.25) is 5.91 Å². The number of hydrogen-bond acceptors (Lipinski definition) is 5. The van der Waals surface area contributed by atoms with Crippen molar-refractivity contribution in [1.29, 1.82) is 0 Å². The number of para-hydroxylation sites is 1. The van der Waals surface area contributed by atoms with Crippen LogP contribution in [-0.2, 0) is 17.8 Å². The Kier molecular flexibility index (Phi) is 5.41. The van der Waals surface area contributed by atoms with Gasteiger partial charge in [0.1, 0.15) is 18.1 Å². The van der Waals surface area contributed by atoms with Crippen LogP contribution in [0.4, 0.5) is 0 Å². The van der Waals surface area contributed by atoms with E-state index in [-0.39, 0.29) is 18.4 Å². The number of benzene rings is 1. The Bertz CT molecular complexity index is 919. The number of oxazole rings is 1. The van der Waals surface area contributed by atoms with Crippen LogP contribution in [0.25, 0.3) is 0 Å². The fourth-order valence-electron chi connectivity index (χ4n) is 3.67. The molecule has 1 fully saturated rings. The summed E-state index contributed by atoms with van der Waals surface area (Å²) in [7, 11) is 1.67. The van der Waals surface area contributed by atoms with E-state index in [9.17, 15) is 4.79 Å². The molecular weight excluding hydrogens is 356 g/mol. The molecule has 146 valence electrons. The fourth-order valence-corrected chi connectivity index (χ4v) is 3.67. The average molecular weight is 380 g/mol. The van der Waals surface area contributed by atoms with Crippen LogP contribution in [0.2, 0.25) is 0 Å². The van der Waals surface area contributed by atoms with Crippen molar-refractivity contribution >= 4 is 5.91 Å². The van der Waals surface area contributed by atoms with Gasteiger partial charge < -0.3 is 14.1 Å². The molecule has 0 saturated carbocycles. The van der Waals surface area contributed by atoms with E-state index >= 15 is 0 Å². The van der Waals surface area contributed by atoms with Crippen LogP contribution < -0.4 is 4.74 Å². The van der Waals surface area contributed by atoms with E-state index in [4.69, 9.17) is 9.15 Å². The number of piperidine rings is 1. The van der Waals surface area contributed by atoms with Gasteiger partial charge in [0.05, 0.1) is 19.2 Å². The molecule has 1 unspecified atom stereocenters. The molecule has 2 aromatic heterocycles. The van der Waals surface area contributed by atoms with E-state index in [2.05, 4.69) is 10.1 Å². The predicted octanol–water partition coefficient (Wildman–Crippen LogP) is 2.88. The lowest BCUT2D eigenvalue weighted by molar-refractivity contribution is -0.133. The third-order valence-electron chi connectivity index (χ3n) is 5.11. The second kappa shape index (κ2) is 8.29. The highest BCUT2D eigenvalue weighted by atomic mass is 16.5. The number of methoxy groups -OCH3 is 1. The molecule has 1 saturated heterocycles. The van der Waals surface area contributed by atoms with Crippen LogP contribution in [0.3, 0.4) is 0 Å². The molecular formula is C21H24N4O3. The Morgan fingerprint density at radius 1 is 1.32 bits per heavy atom. The largest absolute Gasteiger partial charge is 0.496 e. The van der Waals surface area contributed by atoms with Crippen LogP contribution in [0.1, 0.15) is 36.0 Å². The molecule has 1 aromatic carbocycles. The molecule has 0 bridgehead atoms. The minimum atomic E-state index is 0.0780. The number of carbonyl (C=O) groups excluding carboxylic acids is 1. The number of hydrogen-bond donors (Lipinski definition) is 0. The standard InChI is InChI=1S/C21H24N4O3/c1-27-19-8-3-2-6-16(19)12-18-13-22-21(28-18)17-7-4-10-24(14-17)20(26)15-25-11-5-9-23-25/h2-3,5-6,8-9,11,13,17H,4,7,10,12,14-15H2,1H3. The van der Waals surface area contributed by atoms with Gasteiger partial charge in [-0.1, -0.05) is 18.2 Å². The molecule has 0 spiro atoms. The Hall–Kier alpha value is -3.09. The van der Waals surface area contributed by atoms with Crippen molar-refractivity contribution < 1.29 is 13.9 Å². The van der Waals surface area contributed by atoms with Gasteiger partial charge in [0.25, 0.3) is 0 Å². The van der Waals surface area contributed by atoms with Gasteiger partial charge in [-0.2, -0.15) is 5.10 Å². The first kappa shape index (κ1) is 18.3. The lowest BCUT2D eigenvalue weighted by Crippen LogP contribution is -2.41. The van der Waals surface area contributed by atoms with Crippen molar-refractivity contribution in [3.63, 3.8) is 0 Å². The second-order valence-electron chi connectivity index (χ2n) is 7.04. The van der Waals surface area contributed by atoms with Crippen molar-refractivity contribution in [1.82, 2.24) is 19.7 Å². The van der Waals surface area contributed by atoms with Crippen molar-refractivity contribution in [3.8, 4) is 5.75 Å². The normalized spacial score (nSPS) is 16.9. The SMILES string of the molecule is COc1ccccc1Cc1cnc(C2CCCN(C(=O)Cn3cccn3)C2)o1.